The van der Waals surface area contributed by atoms with Gasteiger partial charge in [-0.2, -0.15) is 0 Å². The number of aryl methyl sites for hydroxylation is 2. The van der Waals surface area contributed by atoms with E-state index in [0.717, 1.165) is 0 Å². The fraction of sp³-hybridized carbons (Fsp3) is 0.333. The molecule has 100 valence electrons. The van der Waals surface area contributed by atoms with Gasteiger partial charge < -0.3 is 5.11 Å². The van der Waals surface area contributed by atoms with Gasteiger partial charge in [-0.05, 0) is 42.0 Å². The van der Waals surface area contributed by atoms with E-state index >= 15 is 0 Å². The van der Waals surface area contributed by atoms with Crippen molar-refractivity contribution in [3.63, 3.8) is 0 Å². The Kier molecular flexibility index (Phi) is 4.39. The average molecular weight is 254 g/mol. The average Bonchev–Trinajstić information content (AvgIpc) is 2.43. The van der Waals surface area contributed by atoms with Crippen LogP contribution in [-0.2, 0) is 0 Å². The summed E-state index contributed by atoms with van der Waals surface area (Å²) >= 11 is 0. The zero-order valence-corrected chi connectivity index (χ0v) is 11.9. The first-order valence-corrected chi connectivity index (χ1v) is 6.87. The molecular weight excluding hydrogens is 232 g/mol. The molecule has 0 heterocycles. The van der Waals surface area contributed by atoms with E-state index in [9.17, 15) is 5.11 Å². The Labute approximate surface area is 115 Å². The molecule has 0 aromatic heterocycles. The maximum absolute atomic E-state index is 9.61. The molecule has 1 heteroatoms. The van der Waals surface area contributed by atoms with Gasteiger partial charge in [-0.3, -0.25) is 0 Å². The van der Waals surface area contributed by atoms with Crippen LogP contribution in [0.5, 0.6) is 0 Å². The molecule has 0 fully saturated rings. The van der Waals surface area contributed by atoms with Crippen LogP contribution in [0.4, 0.5) is 0 Å². The van der Waals surface area contributed by atoms with Gasteiger partial charge in [0.15, 0.2) is 0 Å². The summed E-state index contributed by atoms with van der Waals surface area (Å²) in [5.74, 6) is 0.467. The quantitative estimate of drug-likeness (QED) is 0.872. The monoisotopic (exact) mass is 254 g/mol. The van der Waals surface area contributed by atoms with Gasteiger partial charge in [-0.1, -0.05) is 55.5 Å². The first-order valence-electron chi connectivity index (χ1n) is 6.87. The van der Waals surface area contributed by atoms with Crippen molar-refractivity contribution >= 4 is 0 Å². The van der Waals surface area contributed by atoms with Crippen molar-refractivity contribution in [1.82, 2.24) is 0 Å². The molecule has 0 saturated carbocycles. The van der Waals surface area contributed by atoms with E-state index in [-0.39, 0.29) is 18.4 Å². The lowest BCUT2D eigenvalue weighted by molar-refractivity contribution is 0.225. The van der Waals surface area contributed by atoms with E-state index < -0.39 is 0 Å². The SMILES string of the molecule is Cc1ccccc1C(c1ccccc1C)C(C)CO. The lowest BCUT2D eigenvalue weighted by atomic mass is 9.79. The molecule has 0 amide bonds. The molecule has 1 N–H and O–H groups in total. The van der Waals surface area contributed by atoms with Crippen LogP contribution in [0.3, 0.4) is 0 Å². The zero-order valence-electron chi connectivity index (χ0n) is 11.9. The Balaban J connectivity index is 2.55. The molecule has 0 aliphatic rings. The summed E-state index contributed by atoms with van der Waals surface area (Å²) in [4.78, 5) is 0. The lowest BCUT2D eigenvalue weighted by Crippen LogP contribution is -2.17. The number of hydrogen-bond donors (Lipinski definition) is 1. The number of aliphatic hydroxyl groups is 1. The Morgan fingerprint density at radius 3 is 1.63 bits per heavy atom. The summed E-state index contributed by atoms with van der Waals surface area (Å²) in [7, 11) is 0. The van der Waals surface area contributed by atoms with Crippen molar-refractivity contribution in [2.75, 3.05) is 6.61 Å². The predicted octanol–water partition coefficient (Wildman–Crippen LogP) is 4.06. The second-order valence-corrected chi connectivity index (χ2v) is 5.35. The molecule has 0 aliphatic carbocycles. The van der Waals surface area contributed by atoms with Crippen LogP contribution in [0, 0.1) is 19.8 Å². The fourth-order valence-electron chi connectivity index (χ4n) is 2.76. The van der Waals surface area contributed by atoms with Crippen molar-refractivity contribution in [3.8, 4) is 0 Å². The van der Waals surface area contributed by atoms with Gasteiger partial charge in [0.25, 0.3) is 0 Å². The third kappa shape index (κ3) is 2.87. The van der Waals surface area contributed by atoms with E-state index in [1.807, 2.05) is 0 Å². The largest absolute Gasteiger partial charge is 0.396 e. The zero-order chi connectivity index (χ0) is 13.8. The summed E-state index contributed by atoms with van der Waals surface area (Å²) < 4.78 is 0. The molecule has 0 saturated heterocycles. The van der Waals surface area contributed by atoms with Crippen molar-refractivity contribution in [3.05, 3.63) is 70.8 Å². The highest BCUT2D eigenvalue weighted by atomic mass is 16.3. The van der Waals surface area contributed by atoms with E-state index in [1.165, 1.54) is 22.3 Å². The van der Waals surface area contributed by atoms with Crippen LogP contribution in [0.15, 0.2) is 48.5 Å². The Morgan fingerprint density at radius 1 is 0.842 bits per heavy atom. The molecule has 2 rings (SSSR count). The van der Waals surface area contributed by atoms with Gasteiger partial charge in [0, 0.05) is 12.5 Å². The number of aliphatic hydroxyl groups excluding tert-OH is 1. The summed E-state index contributed by atoms with van der Waals surface area (Å²) in [6.07, 6.45) is 0. The molecule has 2 aromatic rings. The first-order chi connectivity index (χ1) is 9.15. The second-order valence-electron chi connectivity index (χ2n) is 5.35. The number of benzene rings is 2. The minimum Gasteiger partial charge on any atom is -0.396 e. The molecule has 1 atom stereocenters. The van der Waals surface area contributed by atoms with Crippen LogP contribution >= 0.6 is 0 Å². The van der Waals surface area contributed by atoms with Crippen molar-refractivity contribution in [2.45, 2.75) is 26.7 Å². The molecule has 19 heavy (non-hydrogen) atoms. The fourth-order valence-corrected chi connectivity index (χ4v) is 2.76. The topological polar surface area (TPSA) is 20.2 Å². The van der Waals surface area contributed by atoms with Crippen LogP contribution < -0.4 is 0 Å². The van der Waals surface area contributed by atoms with Crippen LogP contribution in [0.2, 0.25) is 0 Å². The first kappa shape index (κ1) is 13.8. The van der Waals surface area contributed by atoms with Gasteiger partial charge in [0.2, 0.25) is 0 Å². The molecule has 0 aliphatic heterocycles. The molecule has 0 spiro atoms. The maximum Gasteiger partial charge on any atom is 0.0465 e. The Bertz CT molecular complexity index is 499. The molecule has 2 aromatic carbocycles. The summed E-state index contributed by atoms with van der Waals surface area (Å²) in [6, 6.07) is 16.9. The molecular formula is C18H22O. The lowest BCUT2D eigenvalue weighted by Gasteiger charge is -2.26. The van der Waals surface area contributed by atoms with Crippen LogP contribution in [-0.4, -0.2) is 11.7 Å². The van der Waals surface area contributed by atoms with Gasteiger partial charge in [-0.15, -0.1) is 0 Å². The van der Waals surface area contributed by atoms with E-state index in [4.69, 9.17) is 0 Å². The standard InChI is InChI=1S/C18H22O/c1-13-8-4-6-10-16(13)18(15(3)12-19)17-11-7-5-9-14(17)2/h4-11,15,18-19H,12H2,1-3H3. The second kappa shape index (κ2) is 6.03. The molecule has 1 nitrogen and oxygen atoms in total. The minimum atomic E-state index is 0.202. The Morgan fingerprint density at radius 2 is 1.26 bits per heavy atom. The smallest absolute Gasteiger partial charge is 0.0465 e. The van der Waals surface area contributed by atoms with Gasteiger partial charge in [-0.25, -0.2) is 0 Å². The highest BCUT2D eigenvalue weighted by Gasteiger charge is 2.23. The maximum atomic E-state index is 9.61. The minimum absolute atomic E-state index is 0.202. The number of rotatable bonds is 4. The van der Waals surface area contributed by atoms with Gasteiger partial charge >= 0.3 is 0 Å². The highest BCUT2D eigenvalue weighted by molar-refractivity contribution is 5.41. The summed E-state index contributed by atoms with van der Waals surface area (Å²) in [5.41, 5.74) is 5.21. The van der Waals surface area contributed by atoms with Crippen molar-refractivity contribution in [1.29, 1.82) is 0 Å². The third-order valence-corrected chi connectivity index (χ3v) is 3.90. The van der Waals surface area contributed by atoms with Crippen LogP contribution in [0.1, 0.15) is 35.1 Å². The van der Waals surface area contributed by atoms with Crippen molar-refractivity contribution < 1.29 is 5.11 Å². The van der Waals surface area contributed by atoms with Crippen molar-refractivity contribution in [2.24, 2.45) is 5.92 Å². The Hall–Kier alpha value is -1.60. The third-order valence-electron chi connectivity index (χ3n) is 3.90. The van der Waals surface area contributed by atoms with E-state index in [1.54, 1.807) is 0 Å². The van der Waals surface area contributed by atoms with Crippen LogP contribution in [0.25, 0.3) is 0 Å². The van der Waals surface area contributed by atoms with Gasteiger partial charge in [0.05, 0.1) is 0 Å². The highest BCUT2D eigenvalue weighted by Crippen LogP contribution is 2.35. The van der Waals surface area contributed by atoms with E-state index in [0.29, 0.717) is 0 Å². The molecule has 0 bridgehead atoms. The van der Waals surface area contributed by atoms with E-state index in [2.05, 4.69) is 69.3 Å². The number of hydrogen-bond acceptors (Lipinski definition) is 1. The molecule has 0 radical (unpaired) electrons. The summed E-state index contributed by atoms with van der Waals surface area (Å²) in [5, 5.41) is 9.61. The predicted molar refractivity (Wildman–Crippen MR) is 80.5 cm³/mol. The summed E-state index contributed by atoms with van der Waals surface area (Å²) in [6.45, 7) is 6.60. The molecule has 1 unspecified atom stereocenters. The van der Waals surface area contributed by atoms with Gasteiger partial charge in [0.1, 0.15) is 0 Å². The normalized spacial score (nSPS) is 12.7.